The third-order valence-electron chi connectivity index (χ3n) is 8.13. The van der Waals surface area contributed by atoms with E-state index in [9.17, 15) is 36.0 Å². The van der Waals surface area contributed by atoms with Crippen molar-refractivity contribution >= 4 is 49.8 Å². The number of hydrogen-bond acceptors (Lipinski definition) is 6. The van der Waals surface area contributed by atoms with Gasteiger partial charge >= 0.3 is 6.18 Å². The van der Waals surface area contributed by atoms with E-state index in [1.165, 1.54) is 4.90 Å². The van der Waals surface area contributed by atoms with Crippen molar-refractivity contribution in [1.29, 1.82) is 0 Å². The predicted molar refractivity (Wildman–Crippen MR) is 160 cm³/mol. The zero-order chi connectivity index (χ0) is 32.0. The summed E-state index contributed by atoms with van der Waals surface area (Å²) in [5, 5.41) is 3.45. The summed E-state index contributed by atoms with van der Waals surface area (Å²) in [6, 6.07) is 8.68. The molecule has 44 heavy (non-hydrogen) atoms. The molecule has 5 rings (SSSR count). The first-order chi connectivity index (χ1) is 20.7. The number of alkyl halides is 3. The number of amides is 3. The van der Waals surface area contributed by atoms with Crippen molar-refractivity contribution in [2.24, 2.45) is 5.92 Å². The van der Waals surface area contributed by atoms with Gasteiger partial charge in [-0.3, -0.25) is 19.4 Å². The highest BCUT2D eigenvalue weighted by Gasteiger charge is 2.41. The van der Waals surface area contributed by atoms with Gasteiger partial charge in [0.15, 0.2) is 9.84 Å². The second kappa shape index (κ2) is 11.8. The molecule has 3 aromatic rings. The monoisotopic (exact) mass is 630 g/mol. The Morgan fingerprint density at radius 1 is 1.11 bits per heavy atom. The molecular weight excluding hydrogens is 597 g/mol. The molecule has 0 bridgehead atoms. The summed E-state index contributed by atoms with van der Waals surface area (Å²) >= 11 is 0. The van der Waals surface area contributed by atoms with E-state index in [0.717, 1.165) is 58.7 Å². The summed E-state index contributed by atoms with van der Waals surface area (Å²) in [5.74, 6) is -3.41. The Bertz CT molecular complexity index is 1740. The second-order valence-electron chi connectivity index (χ2n) is 11.6. The van der Waals surface area contributed by atoms with Crippen molar-refractivity contribution in [3.8, 4) is 0 Å². The van der Waals surface area contributed by atoms with E-state index in [-0.39, 0.29) is 23.8 Å². The minimum atomic E-state index is -4.79. The highest BCUT2D eigenvalue weighted by molar-refractivity contribution is 7.91. The molecule has 234 valence electrons. The van der Waals surface area contributed by atoms with Crippen LogP contribution in [-0.4, -0.2) is 55.7 Å². The fraction of sp³-hybridized carbons (Fsp3) is 0.419. The van der Waals surface area contributed by atoms with E-state index in [0.29, 0.717) is 11.9 Å². The van der Waals surface area contributed by atoms with Crippen LogP contribution >= 0.6 is 0 Å². The third kappa shape index (κ3) is 6.57. The molecule has 1 N–H and O–H groups in total. The van der Waals surface area contributed by atoms with E-state index < -0.39 is 63.6 Å². The highest BCUT2D eigenvalue weighted by Crippen LogP contribution is 2.45. The van der Waals surface area contributed by atoms with Gasteiger partial charge in [-0.1, -0.05) is 32.0 Å². The van der Waals surface area contributed by atoms with Crippen molar-refractivity contribution in [2.75, 3.05) is 28.4 Å². The van der Waals surface area contributed by atoms with Crippen molar-refractivity contribution in [3.05, 3.63) is 65.4 Å². The molecule has 2 aliphatic rings. The van der Waals surface area contributed by atoms with Crippen molar-refractivity contribution in [1.82, 2.24) is 10.3 Å². The molecule has 0 unspecified atom stereocenters. The molecular formula is C31H33F3N4O5S. The fourth-order valence-corrected chi connectivity index (χ4v) is 6.02. The number of nitrogens with zero attached hydrogens (tertiary/aromatic N) is 3. The first-order valence-corrected chi connectivity index (χ1v) is 16.4. The molecule has 1 aliphatic carbocycles. The maximum absolute atomic E-state index is 14.3. The van der Waals surface area contributed by atoms with E-state index in [4.69, 9.17) is 0 Å². The fourth-order valence-electron chi connectivity index (χ4n) is 5.41. The highest BCUT2D eigenvalue weighted by atomic mass is 32.2. The topological polar surface area (TPSA) is 117 Å². The number of anilines is 2. The van der Waals surface area contributed by atoms with Gasteiger partial charge in [0.05, 0.1) is 35.5 Å². The van der Waals surface area contributed by atoms with Crippen LogP contribution in [0.5, 0.6) is 0 Å². The molecule has 0 spiro atoms. The Morgan fingerprint density at radius 2 is 1.82 bits per heavy atom. The SMILES string of the molecule is CC[C@@H](C)C(=O)N[C@H]1CN(C(=O)CS(C)(=O)=O)c2cc(C(F)(F)F)ccc2N(Cc2c(C3CC3)cnc3ccccc23)C1=O. The quantitative estimate of drug-likeness (QED) is 0.390. The number of sulfone groups is 1. The number of benzene rings is 2. The lowest BCUT2D eigenvalue weighted by Gasteiger charge is -2.28. The van der Waals surface area contributed by atoms with Crippen LogP contribution in [-0.2, 0) is 36.9 Å². The normalized spacial score (nSPS) is 18.1. The second-order valence-corrected chi connectivity index (χ2v) is 13.7. The van der Waals surface area contributed by atoms with Crippen LogP contribution in [0, 0.1) is 5.92 Å². The Balaban J connectivity index is 1.71. The number of aromatic nitrogens is 1. The van der Waals surface area contributed by atoms with E-state index in [2.05, 4.69) is 10.3 Å². The van der Waals surface area contributed by atoms with Crippen LogP contribution in [0.2, 0.25) is 0 Å². The summed E-state index contributed by atoms with van der Waals surface area (Å²) in [4.78, 5) is 47.5. The molecule has 1 aliphatic heterocycles. The summed E-state index contributed by atoms with van der Waals surface area (Å²) in [6.45, 7) is 2.83. The van der Waals surface area contributed by atoms with Gasteiger partial charge in [-0.15, -0.1) is 0 Å². The minimum Gasteiger partial charge on any atom is -0.342 e. The zero-order valence-corrected chi connectivity index (χ0v) is 25.3. The number of nitrogens with one attached hydrogen (secondary N) is 1. The molecule has 9 nitrogen and oxygen atoms in total. The Kier molecular flexibility index (Phi) is 8.45. The maximum atomic E-state index is 14.3. The Morgan fingerprint density at radius 3 is 2.45 bits per heavy atom. The van der Waals surface area contributed by atoms with Gasteiger partial charge in [0.1, 0.15) is 11.8 Å². The standard InChI is InChI=1S/C31H33F3N4O5S/c1-4-18(2)29(40)36-25-16-37(28(39)17-44(3,42)43)27-13-20(31(32,33)34)11-12-26(27)38(30(25)41)15-23-21-7-5-6-8-24(21)35-14-22(23)19-9-10-19/h5-8,11-14,18-19,25H,4,9-10,15-17H2,1-3H3,(H,36,40)/t18-,25+/m1/s1. The first-order valence-electron chi connectivity index (χ1n) is 14.4. The number of hydrogen-bond donors (Lipinski definition) is 1. The van der Waals surface area contributed by atoms with Crippen LogP contribution < -0.4 is 15.1 Å². The first kappa shape index (κ1) is 31.4. The lowest BCUT2D eigenvalue weighted by atomic mass is 9.99. The number of para-hydroxylation sites is 1. The maximum Gasteiger partial charge on any atom is 0.416 e. The molecule has 1 aromatic heterocycles. The number of pyridine rings is 1. The van der Waals surface area contributed by atoms with Gasteiger partial charge in [-0.25, -0.2) is 8.42 Å². The molecule has 2 atom stereocenters. The Labute approximate surface area is 253 Å². The van der Waals surface area contributed by atoms with Crippen LogP contribution in [0.1, 0.15) is 55.7 Å². The average molecular weight is 631 g/mol. The number of fused-ring (bicyclic) bond motifs is 2. The van der Waals surface area contributed by atoms with Gasteiger partial charge in [0.2, 0.25) is 11.8 Å². The summed E-state index contributed by atoms with van der Waals surface area (Å²) in [7, 11) is -3.90. The lowest BCUT2D eigenvalue weighted by molar-refractivity contribution is -0.137. The largest absolute Gasteiger partial charge is 0.416 e. The van der Waals surface area contributed by atoms with Gasteiger partial charge in [0.25, 0.3) is 5.91 Å². The molecule has 13 heteroatoms. The van der Waals surface area contributed by atoms with Gasteiger partial charge in [-0.05, 0) is 60.6 Å². The summed E-state index contributed by atoms with van der Waals surface area (Å²) in [6.07, 6.45) is 0.114. The van der Waals surface area contributed by atoms with Crippen molar-refractivity contribution in [2.45, 2.75) is 57.8 Å². The molecule has 3 amide bonds. The van der Waals surface area contributed by atoms with E-state index in [1.54, 1.807) is 20.0 Å². The van der Waals surface area contributed by atoms with Crippen molar-refractivity contribution in [3.63, 3.8) is 0 Å². The van der Waals surface area contributed by atoms with Gasteiger partial charge < -0.3 is 15.1 Å². The summed E-state index contributed by atoms with van der Waals surface area (Å²) < 4.78 is 66.0. The molecule has 2 heterocycles. The summed E-state index contributed by atoms with van der Waals surface area (Å²) in [5.41, 5.74) is 1.00. The molecule has 0 saturated heterocycles. The predicted octanol–water partition coefficient (Wildman–Crippen LogP) is 4.59. The van der Waals surface area contributed by atoms with E-state index in [1.807, 2.05) is 24.3 Å². The average Bonchev–Trinajstić information content (AvgIpc) is 3.81. The zero-order valence-electron chi connectivity index (χ0n) is 24.5. The van der Waals surface area contributed by atoms with Gasteiger partial charge in [-0.2, -0.15) is 13.2 Å². The van der Waals surface area contributed by atoms with Crippen LogP contribution in [0.3, 0.4) is 0 Å². The van der Waals surface area contributed by atoms with Crippen LogP contribution in [0.4, 0.5) is 24.5 Å². The molecule has 1 saturated carbocycles. The van der Waals surface area contributed by atoms with Crippen LogP contribution in [0.25, 0.3) is 10.9 Å². The van der Waals surface area contributed by atoms with Crippen LogP contribution in [0.15, 0.2) is 48.7 Å². The van der Waals surface area contributed by atoms with E-state index >= 15 is 0 Å². The molecule has 1 fully saturated rings. The molecule has 2 aromatic carbocycles. The number of halogens is 3. The third-order valence-corrected chi connectivity index (χ3v) is 8.90. The number of rotatable bonds is 8. The lowest BCUT2D eigenvalue weighted by Crippen LogP contribution is -2.54. The van der Waals surface area contributed by atoms with Gasteiger partial charge in [0, 0.05) is 23.8 Å². The smallest absolute Gasteiger partial charge is 0.342 e. The molecule has 0 radical (unpaired) electrons. The Hall–Kier alpha value is -4.00. The van der Waals surface area contributed by atoms with Crippen molar-refractivity contribution < 1.29 is 36.0 Å². The minimum absolute atomic E-state index is 0.00668. The number of carbonyl (C=O) groups excluding carboxylic acids is 3. The number of carbonyl (C=O) groups is 3.